The van der Waals surface area contributed by atoms with E-state index in [1.54, 1.807) is 24.6 Å². The van der Waals surface area contributed by atoms with Crippen molar-refractivity contribution in [1.82, 2.24) is 5.06 Å². The van der Waals surface area contributed by atoms with Crippen LogP contribution in [-0.4, -0.2) is 23.2 Å². The Kier molecular flexibility index (Phi) is 5.16. The Morgan fingerprint density at radius 3 is 2.16 bits per heavy atom. The molecule has 2 aromatic carbocycles. The molecule has 0 fully saturated rings. The van der Waals surface area contributed by atoms with Crippen LogP contribution in [0.1, 0.15) is 23.1 Å². The normalized spacial score (nSPS) is 13.7. The molecular formula is C20H19NO4. The molecule has 0 radical (unpaired) electrons. The minimum absolute atomic E-state index is 0.122. The van der Waals surface area contributed by atoms with Crippen LogP contribution >= 0.6 is 0 Å². The van der Waals surface area contributed by atoms with Gasteiger partial charge < -0.3 is 9.84 Å². The summed E-state index contributed by atoms with van der Waals surface area (Å²) in [6, 6.07) is 17.5. The zero-order valence-electron chi connectivity index (χ0n) is 13.9. The molecule has 0 unspecified atom stereocenters. The minimum Gasteiger partial charge on any atom is -0.481 e. The predicted octanol–water partition coefficient (Wildman–Crippen LogP) is 3.89. The van der Waals surface area contributed by atoms with Crippen molar-refractivity contribution < 1.29 is 19.5 Å². The highest BCUT2D eigenvalue weighted by Crippen LogP contribution is 2.30. The monoisotopic (exact) mass is 337 g/mol. The predicted molar refractivity (Wildman–Crippen MR) is 94.7 cm³/mol. The van der Waals surface area contributed by atoms with Crippen LogP contribution in [0.25, 0.3) is 11.5 Å². The molecule has 1 aliphatic rings. The first kappa shape index (κ1) is 16.8. The molecule has 0 amide bonds. The Morgan fingerprint density at radius 1 is 1.00 bits per heavy atom. The van der Waals surface area contributed by atoms with Crippen LogP contribution in [0, 0.1) is 0 Å². The van der Waals surface area contributed by atoms with Gasteiger partial charge in [0.1, 0.15) is 0 Å². The zero-order valence-corrected chi connectivity index (χ0v) is 13.9. The molecule has 1 heterocycles. The average Bonchev–Trinajstić information content (AvgIpc) is 2.67. The van der Waals surface area contributed by atoms with E-state index in [1.807, 2.05) is 54.6 Å². The molecule has 0 bridgehead atoms. The summed E-state index contributed by atoms with van der Waals surface area (Å²) in [4.78, 5) is 16.0. The highest BCUT2D eigenvalue weighted by molar-refractivity contribution is 5.72. The van der Waals surface area contributed by atoms with Gasteiger partial charge in [-0.3, -0.25) is 9.63 Å². The molecule has 2 aromatic rings. The Morgan fingerprint density at radius 2 is 1.60 bits per heavy atom. The minimum atomic E-state index is -0.796. The molecule has 128 valence electrons. The van der Waals surface area contributed by atoms with E-state index in [0.29, 0.717) is 17.9 Å². The summed E-state index contributed by atoms with van der Waals surface area (Å²) < 4.78 is 6.04. The third-order valence-electron chi connectivity index (χ3n) is 3.84. The molecular weight excluding hydrogens is 318 g/mol. The summed E-state index contributed by atoms with van der Waals surface area (Å²) >= 11 is 0. The second-order valence-corrected chi connectivity index (χ2v) is 5.59. The van der Waals surface area contributed by atoms with E-state index in [0.717, 1.165) is 16.7 Å². The molecule has 0 atom stereocenters. The van der Waals surface area contributed by atoms with Crippen LogP contribution in [0.3, 0.4) is 0 Å². The summed E-state index contributed by atoms with van der Waals surface area (Å²) in [5, 5.41) is 10.4. The van der Waals surface area contributed by atoms with Crippen LogP contribution in [0.5, 0.6) is 0 Å². The fourth-order valence-electron chi connectivity index (χ4n) is 2.50. The fraction of sp³-hybridized carbons (Fsp3) is 0.150. The van der Waals surface area contributed by atoms with Gasteiger partial charge in [0.2, 0.25) is 0 Å². The molecule has 3 rings (SSSR count). The second-order valence-electron chi connectivity index (χ2n) is 5.59. The Hall–Kier alpha value is -3.05. The van der Waals surface area contributed by atoms with Gasteiger partial charge in [-0.1, -0.05) is 54.6 Å². The standard InChI is InChI=1S/C20H19NO4/c1-24-21-13-18(16-5-3-2-4-6-16)25-19(14-21)17-10-7-15(8-11-17)9-12-20(22)23/h2-8,10-11,13-14H,9,12H2,1H3,(H,22,23). The summed E-state index contributed by atoms with van der Waals surface area (Å²) in [5.41, 5.74) is 2.82. The van der Waals surface area contributed by atoms with Gasteiger partial charge in [-0.25, -0.2) is 5.06 Å². The van der Waals surface area contributed by atoms with Gasteiger partial charge in [0.05, 0.1) is 19.5 Å². The van der Waals surface area contributed by atoms with Crippen molar-refractivity contribution in [2.45, 2.75) is 12.8 Å². The molecule has 5 nitrogen and oxygen atoms in total. The summed E-state index contributed by atoms with van der Waals surface area (Å²) in [7, 11) is 1.59. The van der Waals surface area contributed by atoms with Gasteiger partial charge in [-0.05, 0) is 12.0 Å². The van der Waals surface area contributed by atoms with Crippen LogP contribution in [0.2, 0.25) is 0 Å². The Labute approximate surface area is 146 Å². The Bertz CT molecular complexity index is 794. The molecule has 0 saturated carbocycles. The molecule has 5 heteroatoms. The van der Waals surface area contributed by atoms with Crippen molar-refractivity contribution in [1.29, 1.82) is 0 Å². The third-order valence-corrected chi connectivity index (χ3v) is 3.84. The first-order valence-corrected chi connectivity index (χ1v) is 7.96. The van der Waals surface area contributed by atoms with Crippen molar-refractivity contribution in [2.75, 3.05) is 7.11 Å². The zero-order chi connectivity index (χ0) is 17.6. The first-order chi connectivity index (χ1) is 12.2. The second kappa shape index (κ2) is 7.68. The van der Waals surface area contributed by atoms with Gasteiger partial charge in [0.15, 0.2) is 11.5 Å². The lowest BCUT2D eigenvalue weighted by molar-refractivity contribution is -0.136. The fourth-order valence-corrected chi connectivity index (χ4v) is 2.50. The van der Waals surface area contributed by atoms with E-state index in [-0.39, 0.29) is 6.42 Å². The number of ether oxygens (including phenoxy) is 1. The number of nitrogens with zero attached hydrogens (tertiary/aromatic N) is 1. The number of aliphatic carboxylic acids is 1. The first-order valence-electron chi connectivity index (χ1n) is 7.96. The van der Waals surface area contributed by atoms with E-state index in [1.165, 1.54) is 0 Å². The molecule has 1 N–H and O–H groups in total. The van der Waals surface area contributed by atoms with Gasteiger partial charge in [-0.2, -0.15) is 0 Å². The number of hydrogen-bond donors (Lipinski definition) is 1. The van der Waals surface area contributed by atoms with Crippen LogP contribution < -0.4 is 0 Å². The third kappa shape index (κ3) is 4.28. The largest absolute Gasteiger partial charge is 0.481 e. The Balaban J connectivity index is 1.79. The molecule has 0 saturated heterocycles. The number of aryl methyl sites for hydroxylation is 1. The highest BCUT2D eigenvalue weighted by atomic mass is 16.7. The van der Waals surface area contributed by atoms with E-state index < -0.39 is 5.97 Å². The van der Waals surface area contributed by atoms with Crippen molar-refractivity contribution in [3.05, 3.63) is 83.7 Å². The van der Waals surface area contributed by atoms with E-state index in [4.69, 9.17) is 14.7 Å². The van der Waals surface area contributed by atoms with Crippen LogP contribution in [-0.2, 0) is 20.8 Å². The van der Waals surface area contributed by atoms with Gasteiger partial charge in [0, 0.05) is 17.5 Å². The van der Waals surface area contributed by atoms with Gasteiger partial charge in [0.25, 0.3) is 0 Å². The van der Waals surface area contributed by atoms with Crippen LogP contribution in [0.15, 0.2) is 67.0 Å². The number of carboxylic acid groups (broad SMARTS) is 1. The van der Waals surface area contributed by atoms with Crippen molar-refractivity contribution in [2.24, 2.45) is 0 Å². The van der Waals surface area contributed by atoms with Crippen molar-refractivity contribution >= 4 is 17.5 Å². The molecule has 1 aliphatic heterocycles. The quantitative estimate of drug-likeness (QED) is 0.866. The maximum absolute atomic E-state index is 10.7. The van der Waals surface area contributed by atoms with Gasteiger partial charge in [-0.15, -0.1) is 0 Å². The SMILES string of the molecule is CON1C=C(c2ccccc2)OC(c2ccc(CCC(=O)O)cc2)=C1. The smallest absolute Gasteiger partial charge is 0.303 e. The summed E-state index contributed by atoms with van der Waals surface area (Å²) in [5.74, 6) is 0.554. The molecule has 0 aliphatic carbocycles. The number of benzene rings is 2. The van der Waals surface area contributed by atoms with Gasteiger partial charge >= 0.3 is 5.97 Å². The van der Waals surface area contributed by atoms with E-state index in [2.05, 4.69) is 0 Å². The molecule has 25 heavy (non-hydrogen) atoms. The lowest BCUT2D eigenvalue weighted by Crippen LogP contribution is -2.14. The summed E-state index contributed by atoms with van der Waals surface area (Å²) in [6.45, 7) is 0. The maximum Gasteiger partial charge on any atom is 0.303 e. The lowest BCUT2D eigenvalue weighted by atomic mass is 10.1. The van der Waals surface area contributed by atoms with Crippen LogP contribution in [0.4, 0.5) is 0 Å². The van der Waals surface area contributed by atoms with E-state index in [9.17, 15) is 4.79 Å². The summed E-state index contributed by atoms with van der Waals surface area (Å²) in [6.07, 6.45) is 4.17. The number of carboxylic acids is 1. The highest BCUT2D eigenvalue weighted by Gasteiger charge is 2.16. The number of rotatable bonds is 6. The number of carbonyl (C=O) groups is 1. The maximum atomic E-state index is 10.7. The topological polar surface area (TPSA) is 59.0 Å². The molecule has 0 aromatic heterocycles. The lowest BCUT2D eigenvalue weighted by Gasteiger charge is -2.24. The van der Waals surface area contributed by atoms with Crippen molar-refractivity contribution in [3.63, 3.8) is 0 Å². The molecule has 0 spiro atoms. The average molecular weight is 337 g/mol. The van der Waals surface area contributed by atoms with Crippen molar-refractivity contribution in [3.8, 4) is 0 Å². The number of hydroxylamine groups is 2. The number of hydrogen-bond acceptors (Lipinski definition) is 4. The van der Waals surface area contributed by atoms with E-state index >= 15 is 0 Å².